The first kappa shape index (κ1) is 14.4. The first-order chi connectivity index (χ1) is 10.0. The van der Waals surface area contributed by atoms with Gasteiger partial charge in [-0.1, -0.05) is 20.8 Å². The molecule has 0 bridgehead atoms. The topological polar surface area (TPSA) is 49.9 Å². The van der Waals surface area contributed by atoms with Gasteiger partial charge in [-0.2, -0.15) is 0 Å². The Bertz CT molecular complexity index is 606. The third-order valence-corrected chi connectivity index (χ3v) is 4.04. The SMILES string of the molecule is CC(C)(C)c1nc2ccc(NCC3CCCOC3)cc2[nH]1. The van der Waals surface area contributed by atoms with Crippen molar-refractivity contribution in [1.29, 1.82) is 0 Å². The number of rotatable bonds is 3. The Balaban J connectivity index is 1.71. The van der Waals surface area contributed by atoms with E-state index < -0.39 is 0 Å². The molecule has 0 aliphatic carbocycles. The van der Waals surface area contributed by atoms with E-state index in [0.717, 1.165) is 42.3 Å². The van der Waals surface area contributed by atoms with Crippen LogP contribution in [0, 0.1) is 5.92 Å². The number of H-pyrrole nitrogens is 1. The number of fused-ring (bicyclic) bond motifs is 1. The summed E-state index contributed by atoms with van der Waals surface area (Å²) in [4.78, 5) is 8.11. The largest absolute Gasteiger partial charge is 0.385 e. The summed E-state index contributed by atoms with van der Waals surface area (Å²) >= 11 is 0. The van der Waals surface area contributed by atoms with Crippen molar-refractivity contribution >= 4 is 16.7 Å². The van der Waals surface area contributed by atoms with E-state index in [4.69, 9.17) is 4.74 Å². The number of imidazole rings is 1. The zero-order chi connectivity index (χ0) is 14.9. The Labute approximate surface area is 126 Å². The maximum absolute atomic E-state index is 5.53. The lowest BCUT2D eigenvalue weighted by atomic mass is 9.96. The van der Waals surface area contributed by atoms with Gasteiger partial charge in [0.1, 0.15) is 5.82 Å². The summed E-state index contributed by atoms with van der Waals surface area (Å²) < 4.78 is 5.53. The first-order valence-corrected chi connectivity index (χ1v) is 7.84. The highest BCUT2D eigenvalue weighted by Gasteiger charge is 2.18. The van der Waals surface area contributed by atoms with E-state index in [1.54, 1.807) is 0 Å². The number of hydrogen-bond donors (Lipinski definition) is 2. The molecule has 1 aliphatic rings. The standard InChI is InChI=1S/C17H25N3O/c1-17(2,3)16-19-14-7-6-13(9-15(14)20-16)18-10-12-5-4-8-21-11-12/h6-7,9,12,18H,4-5,8,10-11H2,1-3H3,(H,19,20). The van der Waals surface area contributed by atoms with Gasteiger partial charge < -0.3 is 15.0 Å². The minimum atomic E-state index is 0.0477. The molecule has 4 nitrogen and oxygen atoms in total. The Morgan fingerprint density at radius 1 is 1.38 bits per heavy atom. The Morgan fingerprint density at radius 3 is 2.95 bits per heavy atom. The summed E-state index contributed by atoms with van der Waals surface area (Å²) in [6.07, 6.45) is 2.44. The molecule has 1 fully saturated rings. The first-order valence-electron chi connectivity index (χ1n) is 7.84. The normalized spacial score (nSPS) is 19.9. The number of aromatic amines is 1. The average Bonchev–Trinajstić information content (AvgIpc) is 2.89. The second-order valence-corrected chi connectivity index (χ2v) is 7.03. The van der Waals surface area contributed by atoms with Gasteiger partial charge in [-0.15, -0.1) is 0 Å². The molecule has 1 aromatic heterocycles. The smallest absolute Gasteiger partial charge is 0.112 e. The molecule has 0 amide bonds. The second kappa shape index (κ2) is 5.68. The fourth-order valence-corrected chi connectivity index (χ4v) is 2.71. The van der Waals surface area contributed by atoms with Crippen LogP contribution >= 0.6 is 0 Å². The molecule has 0 radical (unpaired) electrons. The molecule has 2 heterocycles. The van der Waals surface area contributed by atoms with Crippen molar-refractivity contribution in [2.45, 2.75) is 39.0 Å². The molecule has 2 aromatic rings. The number of ether oxygens (including phenoxy) is 1. The van der Waals surface area contributed by atoms with Crippen molar-refractivity contribution in [2.75, 3.05) is 25.1 Å². The highest BCUT2D eigenvalue weighted by Crippen LogP contribution is 2.24. The summed E-state index contributed by atoms with van der Waals surface area (Å²) in [5, 5.41) is 3.53. The minimum Gasteiger partial charge on any atom is -0.385 e. The van der Waals surface area contributed by atoms with Crippen LogP contribution in [0.2, 0.25) is 0 Å². The minimum absolute atomic E-state index is 0.0477. The average molecular weight is 287 g/mol. The van der Waals surface area contributed by atoms with Crippen LogP contribution in [0.15, 0.2) is 18.2 Å². The molecule has 114 valence electrons. The molecule has 21 heavy (non-hydrogen) atoms. The molecular formula is C17H25N3O. The lowest BCUT2D eigenvalue weighted by molar-refractivity contribution is 0.0595. The zero-order valence-corrected chi connectivity index (χ0v) is 13.2. The number of nitrogens with zero attached hydrogens (tertiary/aromatic N) is 1. The van der Waals surface area contributed by atoms with Gasteiger partial charge in [-0.05, 0) is 37.0 Å². The fourth-order valence-electron chi connectivity index (χ4n) is 2.71. The number of nitrogens with one attached hydrogen (secondary N) is 2. The van der Waals surface area contributed by atoms with Crippen molar-refractivity contribution in [1.82, 2.24) is 9.97 Å². The monoisotopic (exact) mass is 287 g/mol. The van der Waals surface area contributed by atoms with Crippen LogP contribution in [0.5, 0.6) is 0 Å². The van der Waals surface area contributed by atoms with Crippen LogP contribution < -0.4 is 5.32 Å². The summed E-state index contributed by atoms with van der Waals surface area (Å²) in [6, 6.07) is 6.35. The molecule has 1 saturated heterocycles. The van der Waals surface area contributed by atoms with Gasteiger partial charge in [0.15, 0.2) is 0 Å². The van der Waals surface area contributed by atoms with E-state index >= 15 is 0 Å². The van der Waals surface area contributed by atoms with Crippen molar-refractivity contribution in [3.05, 3.63) is 24.0 Å². The van der Waals surface area contributed by atoms with Crippen LogP contribution in [0.3, 0.4) is 0 Å². The van der Waals surface area contributed by atoms with E-state index in [2.05, 4.69) is 54.3 Å². The number of hydrogen-bond acceptors (Lipinski definition) is 3. The highest BCUT2D eigenvalue weighted by molar-refractivity contribution is 5.79. The third kappa shape index (κ3) is 3.38. The second-order valence-electron chi connectivity index (χ2n) is 7.03. The summed E-state index contributed by atoms with van der Waals surface area (Å²) in [5.41, 5.74) is 3.33. The number of benzene rings is 1. The Morgan fingerprint density at radius 2 is 2.24 bits per heavy atom. The molecule has 1 unspecified atom stereocenters. The summed E-state index contributed by atoms with van der Waals surface area (Å²) in [6.45, 7) is 9.30. The van der Waals surface area contributed by atoms with Crippen LogP contribution in [0.4, 0.5) is 5.69 Å². The molecule has 1 atom stereocenters. The predicted molar refractivity (Wildman–Crippen MR) is 86.8 cm³/mol. The van der Waals surface area contributed by atoms with Gasteiger partial charge in [0.05, 0.1) is 17.6 Å². The quantitative estimate of drug-likeness (QED) is 0.905. The maximum atomic E-state index is 5.53. The van der Waals surface area contributed by atoms with Crippen LogP contribution in [0.25, 0.3) is 11.0 Å². The predicted octanol–water partition coefficient (Wildman–Crippen LogP) is 3.70. The van der Waals surface area contributed by atoms with Gasteiger partial charge in [0.25, 0.3) is 0 Å². The lowest BCUT2D eigenvalue weighted by Crippen LogP contribution is -2.24. The van der Waals surface area contributed by atoms with Crippen LogP contribution in [0.1, 0.15) is 39.4 Å². The zero-order valence-electron chi connectivity index (χ0n) is 13.2. The van der Waals surface area contributed by atoms with Crippen molar-refractivity contribution in [3.8, 4) is 0 Å². The van der Waals surface area contributed by atoms with E-state index in [1.807, 2.05) is 0 Å². The molecule has 1 aliphatic heterocycles. The Kier molecular flexibility index (Phi) is 3.89. The molecule has 4 heteroatoms. The lowest BCUT2D eigenvalue weighted by Gasteiger charge is -2.22. The molecule has 3 rings (SSSR count). The van der Waals surface area contributed by atoms with Crippen molar-refractivity contribution in [3.63, 3.8) is 0 Å². The maximum Gasteiger partial charge on any atom is 0.112 e. The van der Waals surface area contributed by atoms with Gasteiger partial charge in [0, 0.05) is 24.3 Å². The summed E-state index contributed by atoms with van der Waals surface area (Å²) in [5.74, 6) is 1.66. The van der Waals surface area contributed by atoms with E-state index in [9.17, 15) is 0 Å². The van der Waals surface area contributed by atoms with E-state index in [1.165, 1.54) is 12.8 Å². The molecule has 2 N–H and O–H groups in total. The van der Waals surface area contributed by atoms with Gasteiger partial charge in [-0.3, -0.25) is 0 Å². The van der Waals surface area contributed by atoms with Crippen LogP contribution in [-0.2, 0) is 10.2 Å². The Hall–Kier alpha value is -1.55. The molecule has 0 spiro atoms. The van der Waals surface area contributed by atoms with Gasteiger partial charge in [0.2, 0.25) is 0 Å². The van der Waals surface area contributed by atoms with Gasteiger partial charge in [-0.25, -0.2) is 4.98 Å². The van der Waals surface area contributed by atoms with E-state index in [0.29, 0.717) is 5.92 Å². The number of anilines is 1. The third-order valence-electron chi connectivity index (χ3n) is 4.04. The molecule has 1 aromatic carbocycles. The molecule has 0 saturated carbocycles. The van der Waals surface area contributed by atoms with Crippen LogP contribution in [-0.4, -0.2) is 29.7 Å². The fraction of sp³-hybridized carbons (Fsp3) is 0.588. The highest BCUT2D eigenvalue weighted by atomic mass is 16.5. The molecular weight excluding hydrogens is 262 g/mol. The summed E-state index contributed by atoms with van der Waals surface area (Å²) in [7, 11) is 0. The van der Waals surface area contributed by atoms with Crippen molar-refractivity contribution < 1.29 is 4.74 Å². The van der Waals surface area contributed by atoms with Crippen molar-refractivity contribution in [2.24, 2.45) is 5.92 Å². The van der Waals surface area contributed by atoms with E-state index in [-0.39, 0.29) is 5.41 Å². The van der Waals surface area contributed by atoms with Gasteiger partial charge >= 0.3 is 0 Å². The number of aromatic nitrogens is 2.